The second-order valence-electron chi connectivity index (χ2n) is 5.39. The Kier molecular flexibility index (Phi) is 4.99. The van der Waals surface area contributed by atoms with E-state index in [0.29, 0.717) is 0 Å². The summed E-state index contributed by atoms with van der Waals surface area (Å²) in [6.45, 7) is 2.24. The Labute approximate surface area is 129 Å². The van der Waals surface area contributed by atoms with Gasteiger partial charge in [0.15, 0.2) is 0 Å². The van der Waals surface area contributed by atoms with E-state index in [0.717, 1.165) is 21.7 Å². The molecule has 0 N–H and O–H groups in total. The Morgan fingerprint density at radius 3 is 3.05 bits per heavy atom. The Hall–Kier alpha value is 0.140. The van der Waals surface area contributed by atoms with Crippen LogP contribution in [0.5, 0.6) is 0 Å². The average Bonchev–Trinajstić information content (AvgIpc) is 3.14. The molecular weight excluding hydrogens is 288 g/mol. The first-order valence-electron chi connectivity index (χ1n) is 7.35. The van der Waals surface area contributed by atoms with Gasteiger partial charge in [-0.1, -0.05) is 25.1 Å². The van der Waals surface area contributed by atoms with Gasteiger partial charge in [-0.25, -0.2) is 0 Å². The van der Waals surface area contributed by atoms with E-state index >= 15 is 0 Å². The van der Waals surface area contributed by atoms with Gasteiger partial charge in [0.2, 0.25) is 0 Å². The zero-order valence-corrected chi connectivity index (χ0v) is 13.9. The molecule has 0 aliphatic carbocycles. The first-order valence-corrected chi connectivity index (χ1v) is 10.2. The maximum atomic E-state index is 2.52. The minimum atomic E-state index is 0.748. The van der Waals surface area contributed by atoms with E-state index in [1.165, 1.54) is 31.4 Å². The predicted molar refractivity (Wildman–Crippen MR) is 91.5 cm³/mol. The molecule has 3 heterocycles. The maximum Gasteiger partial charge on any atom is 0.0400 e. The summed E-state index contributed by atoms with van der Waals surface area (Å²) in [5.41, 5.74) is 0. The van der Waals surface area contributed by atoms with E-state index in [4.69, 9.17) is 0 Å². The lowest BCUT2D eigenvalue weighted by Crippen LogP contribution is -2.21. The highest BCUT2D eigenvalue weighted by Gasteiger charge is 2.40. The van der Waals surface area contributed by atoms with E-state index in [1.807, 2.05) is 11.3 Å². The van der Waals surface area contributed by atoms with Crippen molar-refractivity contribution in [1.82, 2.24) is 0 Å². The summed E-state index contributed by atoms with van der Waals surface area (Å²) >= 11 is 6.43. The summed E-state index contributed by atoms with van der Waals surface area (Å²) in [4.78, 5) is 1.59. The van der Waals surface area contributed by atoms with Crippen LogP contribution in [0.2, 0.25) is 0 Å². The van der Waals surface area contributed by atoms with Crippen molar-refractivity contribution < 1.29 is 0 Å². The second-order valence-corrected chi connectivity index (χ2v) is 9.10. The lowest BCUT2D eigenvalue weighted by Gasteiger charge is -2.21. The topological polar surface area (TPSA) is 0 Å². The van der Waals surface area contributed by atoms with Crippen molar-refractivity contribution in [3.63, 3.8) is 0 Å². The Morgan fingerprint density at radius 2 is 2.37 bits per heavy atom. The van der Waals surface area contributed by atoms with Gasteiger partial charge >= 0.3 is 0 Å². The smallest absolute Gasteiger partial charge is 0.0400 e. The van der Waals surface area contributed by atoms with Crippen LogP contribution in [0.3, 0.4) is 0 Å². The molecule has 3 rings (SSSR count). The van der Waals surface area contributed by atoms with Gasteiger partial charge in [-0.15, -0.1) is 23.1 Å². The number of hydrogen-bond donors (Lipinski definition) is 0. The molecule has 0 aromatic carbocycles. The van der Waals surface area contributed by atoms with Crippen molar-refractivity contribution >= 4 is 34.9 Å². The predicted octanol–water partition coefficient (Wildman–Crippen LogP) is 5.77. The Bertz CT molecular complexity index is 404. The average molecular weight is 311 g/mol. The van der Waals surface area contributed by atoms with Gasteiger partial charge in [-0.2, -0.15) is 11.8 Å². The molecule has 1 aromatic rings. The largest absolute Gasteiger partial charge is 0.157 e. The van der Waals surface area contributed by atoms with Gasteiger partial charge < -0.3 is 0 Å². The standard InChI is InChI=1S/C16H22S3/c1-2-3-6-12-11-15(13-7-4-9-17-13)19-16(12)14-8-5-10-18-14/h3-4,6-7,9,12,14-16H,2,5,8,10-11H2,1H3/b6-3+. The normalized spacial score (nSPS) is 35.4. The highest BCUT2D eigenvalue weighted by molar-refractivity contribution is 8.04. The van der Waals surface area contributed by atoms with E-state index in [-0.39, 0.29) is 0 Å². The molecule has 0 amide bonds. The van der Waals surface area contributed by atoms with Crippen LogP contribution in [-0.4, -0.2) is 16.3 Å². The summed E-state index contributed by atoms with van der Waals surface area (Å²) in [5.74, 6) is 2.18. The molecule has 19 heavy (non-hydrogen) atoms. The highest BCUT2D eigenvalue weighted by atomic mass is 32.2. The molecule has 2 saturated heterocycles. The van der Waals surface area contributed by atoms with Crippen LogP contribution in [0.4, 0.5) is 0 Å². The zero-order valence-electron chi connectivity index (χ0n) is 11.5. The molecule has 3 heteroatoms. The van der Waals surface area contributed by atoms with Crippen LogP contribution in [0.15, 0.2) is 29.7 Å². The molecule has 104 valence electrons. The van der Waals surface area contributed by atoms with Crippen molar-refractivity contribution in [2.24, 2.45) is 5.92 Å². The quantitative estimate of drug-likeness (QED) is 0.647. The molecule has 0 bridgehead atoms. The van der Waals surface area contributed by atoms with E-state index in [2.05, 4.69) is 60.1 Å². The van der Waals surface area contributed by atoms with Gasteiger partial charge in [0.1, 0.15) is 0 Å². The summed E-state index contributed by atoms with van der Waals surface area (Å²) in [6, 6.07) is 4.53. The van der Waals surface area contributed by atoms with Gasteiger partial charge in [0.25, 0.3) is 0 Å². The Morgan fingerprint density at radius 1 is 1.42 bits per heavy atom. The minimum Gasteiger partial charge on any atom is -0.157 e. The van der Waals surface area contributed by atoms with Crippen LogP contribution in [-0.2, 0) is 0 Å². The van der Waals surface area contributed by atoms with Gasteiger partial charge in [0, 0.05) is 20.6 Å². The second kappa shape index (κ2) is 6.73. The number of thioether (sulfide) groups is 2. The van der Waals surface area contributed by atoms with Gasteiger partial charge in [-0.3, -0.25) is 0 Å². The number of thiophene rings is 1. The van der Waals surface area contributed by atoms with Crippen LogP contribution in [0.1, 0.15) is 42.7 Å². The summed E-state index contributed by atoms with van der Waals surface area (Å²) in [6.07, 6.45) is 10.3. The molecule has 1 aromatic heterocycles. The molecule has 2 aliphatic heterocycles. The van der Waals surface area contributed by atoms with Crippen LogP contribution >= 0.6 is 34.9 Å². The van der Waals surface area contributed by atoms with Crippen LogP contribution in [0.25, 0.3) is 0 Å². The summed E-state index contributed by atoms with van der Waals surface area (Å²) < 4.78 is 0. The SMILES string of the molecule is CC/C=C/C1CC(c2cccs2)SC1C1CCCS1. The number of rotatable bonds is 4. The molecule has 4 atom stereocenters. The molecular formula is C16H22S3. The molecule has 0 radical (unpaired) electrons. The zero-order chi connectivity index (χ0) is 13.1. The molecule has 0 saturated carbocycles. The number of allylic oxidation sites excluding steroid dienone is 2. The van der Waals surface area contributed by atoms with Crippen molar-refractivity contribution in [3.8, 4) is 0 Å². The monoisotopic (exact) mass is 310 g/mol. The molecule has 0 nitrogen and oxygen atoms in total. The van der Waals surface area contributed by atoms with Gasteiger partial charge in [-0.05, 0) is 48.8 Å². The lowest BCUT2D eigenvalue weighted by atomic mass is 9.95. The molecule has 4 unspecified atom stereocenters. The third-order valence-corrected chi connectivity index (χ3v) is 8.60. The third-order valence-electron chi connectivity index (χ3n) is 4.04. The first-order chi connectivity index (χ1) is 9.38. The lowest BCUT2D eigenvalue weighted by molar-refractivity contribution is 0.570. The highest BCUT2D eigenvalue weighted by Crippen LogP contribution is 2.54. The van der Waals surface area contributed by atoms with Crippen molar-refractivity contribution in [3.05, 3.63) is 34.5 Å². The first kappa shape index (κ1) is 14.1. The fourth-order valence-electron chi connectivity index (χ4n) is 3.11. The molecule has 2 aliphatic rings. The fraction of sp³-hybridized carbons (Fsp3) is 0.625. The van der Waals surface area contributed by atoms with E-state index in [9.17, 15) is 0 Å². The third kappa shape index (κ3) is 3.25. The Balaban J connectivity index is 1.73. The maximum absolute atomic E-state index is 2.52. The minimum absolute atomic E-state index is 0.748. The van der Waals surface area contributed by atoms with E-state index < -0.39 is 0 Å². The fourth-order valence-corrected chi connectivity index (χ4v) is 7.59. The van der Waals surface area contributed by atoms with Crippen molar-refractivity contribution in [2.75, 3.05) is 5.75 Å². The van der Waals surface area contributed by atoms with Crippen molar-refractivity contribution in [2.45, 2.75) is 48.4 Å². The van der Waals surface area contributed by atoms with Gasteiger partial charge in [0.05, 0.1) is 0 Å². The summed E-state index contributed by atoms with van der Waals surface area (Å²) in [5, 5.41) is 4.73. The van der Waals surface area contributed by atoms with Crippen LogP contribution < -0.4 is 0 Å². The van der Waals surface area contributed by atoms with Crippen LogP contribution in [0, 0.1) is 5.92 Å². The molecule has 2 fully saturated rings. The number of hydrogen-bond acceptors (Lipinski definition) is 3. The van der Waals surface area contributed by atoms with Crippen molar-refractivity contribution in [1.29, 1.82) is 0 Å². The summed E-state index contributed by atoms with van der Waals surface area (Å²) in [7, 11) is 0. The molecule has 0 spiro atoms. The van der Waals surface area contributed by atoms with E-state index in [1.54, 1.807) is 4.88 Å².